The lowest BCUT2D eigenvalue weighted by Crippen LogP contribution is -2.34. The predicted octanol–water partition coefficient (Wildman–Crippen LogP) is 1.94. The van der Waals surface area contributed by atoms with E-state index in [9.17, 15) is 4.79 Å². The van der Waals surface area contributed by atoms with Gasteiger partial charge < -0.3 is 10.1 Å². The summed E-state index contributed by atoms with van der Waals surface area (Å²) in [5, 5.41) is 11.2. The Morgan fingerprint density at radius 3 is 3.12 bits per heavy atom. The van der Waals surface area contributed by atoms with Gasteiger partial charge in [-0.3, -0.25) is 4.79 Å². The van der Waals surface area contributed by atoms with Crippen LogP contribution in [-0.4, -0.2) is 12.0 Å². The Hall–Kier alpha value is -2.28. The van der Waals surface area contributed by atoms with E-state index in [4.69, 9.17) is 10.00 Å². The summed E-state index contributed by atoms with van der Waals surface area (Å²) in [6.07, 6.45) is 2.59. The van der Waals surface area contributed by atoms with Crippen LogP contribution in [0.15, 0.2) is 24.3 Å². The summed E-state index contributed by atoms with van der Waals surface area (Å²) >= 11 is 0. The van der Waals surface area contributed by atoms with Gasteiger partial charge in [0, 0.05) is 6.08 Å². The minimum atomic E-state index is -0.465. The van der Waals surface area contributed by atoms with E-state index < -0.39 is 6.10 Å². The van der Waals surface area contributed by atoms with Crippen LogP contribution in [0.5, 0.6) is 5.75 Å². The van der Waals surface area contributed by atoms with E-state index in [0.717, 1.165) is 5.56 Å². The maximum absolute atomic E-state index is 11.4. The minimum absolute atomic E-state index is 0.158. The van der Waals surface area contributed by atoms with Crippen LogP contribution in [-0.2, 0) is 4.79 Å². The number of fused-ring (bicyclic) bond motifs is 1. The highest BCUT2D eigenvalue weighted by molar-refractivity contribution is 5.97. The molecule has 0 fully saturated rings. The van der Waals surface area contributed by atoms with Gasteiger partial charge in [-0.25, -0.2) is 0 Å². The SMILES string of the molecule is CC1Oc2ccc(/C=C/C#N)cc2NC1=O. The van der Waals surface area contributed by atoms with Crippen molar-refractivity contribution in [2.45, 2.75) is 13.0 Å². The molecule has 0 radical (unpaired) electrons. The average Bonchev–Trinajstić information content (AvgIpc) is 2.28. The highest BCUT2D eigenvalue weighted by Crippen LogP contribution is 2.30. The first-order valence-corrected chi connectivity index (χ1v) is 4.88. The highest BCUT2D eigenvalue weighted by Gasteiger charge is 2.23. The predicted molar refractivity (Wildman–Crippen MR) is 59.8 cm³/mol. The van der Waals surface area contributed by atoms with E-state index >= 15 is 0 Å². The fourth-order valence-corrected chi connectivity index (χ4v) is 1.46. The molecule has 1 aliphatic rings. The second-order valence-electron chi connectivity index (χ2n) is 3.47. The lowest BCUT2D eigenvalue weighted by molar-refractivity contribution is -0.122. The van der Waals surface area contributed by atoms with E-state index in [0.29, 0.717) is 11.4 Å². The highest BCUT2D eigenvalue weighted by atomic mass is 16.5. The molecule has 4 heteroatoms. The Kier molecular flexibility index (Phi) is 2.61. The van der Waals surface area contributed by atoms with Crippen LogP contribution < -0.4 is 10.1 Å². The van der Waals surface area contributed by atoms with Crippen molar-refractivity contribution in [3.05, 3.63) is 29.8 Å². The third-order valence-corrected chi connectivity index (χ3v) is 2.28. The Morgan fingerprint density at radius 1 is 1.56 bits per heavy atom. The van der Waals surface area contributed by atoms with Gasteiger partial charge in [0.2, 0.25) is 0 Å². The normalized spacial score (nSPS) is 18.5. The largest absolute Gasteiger partial charge is 0.479 e. The lowest BCUT2D eigenvalue weighted by Gasteiger charge is -2.23. The van der Waals surface area contributed by atoms with Gasteiger partial charge in [-0.1, -0.05) is 6.07 Å². The van der Waals surface area contributed by atoms with Crippen molar-refractivity contribution < 1.29 is 9.53 Å². The second-order valence-corrected chi connectivity index (χ2v) is 3.47. The Balaban J connectivity index is 2.33. The van der Waals surface area contributed by atoms with Crippen molar-refractivity contribution in [2.75, 3.05) is 5.32 Å². The first-order valence-electron chi connectivity index (χ1n) is 4.88. The molecule has 1 heterocycles. The van der Waals surface area contributed by atoms with E-state index in [1.54, 1.807) is 25.1 Å². The van der Waals surface area contributed by atoms with Crippen LogP contribution >= 0.6 is 0 Å². The lowest BCUT2D eigenvalue weighted by atomic mass is 10.1. The smallest absolute Gasteiger partial charge is 0.265 e. The molecule has 1 amide bonds. The molecule has 1 aliphatic heterocycles. The molecule has 1 unspecified atom stereocenters. The summed E-state index contributed by atoms with van der Waals surface area (Å²) in [4.78, 5) is 11.4. The Bertz CT molecular complexity index is 500. The Morgan fingerprint density at radius 2 is 2.38 bits per heavy atom. The number of allylic oxidation sites excluding steroid dienone is 1. The van der Waals surface area contributed by atoms with Crippen molar-refractivity contribution in [3.8, 4) is 11.8 Å². The van der Waals surface area contributed by atoms with Crippen LogP contribution in [0.3, 0.4) is 0 Å². The summed E-state index contributed by atoms with van der Waals surface area (Å²) in [6, 6.07) is 7.29. The van der Waals surface area contributed by atoms with E-state index in [-0.39, 0.29) is 5.91 Å². The monoisotopic (exact) mass is 214 g/mol. The first-order chi connectivity index (χ1) is 7.70. The van der Waals surface area contributed by atoms with Crippen LogP contribution in [0.25, 0.3) is 6.08 Å². The van der Waals surface area contributed by atoms with Gasteiger partial charge in [0.25, 0.3) is 5.91 Å². The number of nitrogens with one attached hydrogen (secondary N) is 1. The summed E-state index contributed by atoms with van der Waals surface area (Å²) < 4.78 is 5.40. The van der Waals surface area contributed by atoms with E-state index in [1.165, 1.54) is 6.08 Å². The fraction of sp³-hybridized carbons (Fsp3) is 0.167. The zero-order chi connectivity index (χ0) is 11.5. The molecule has 0 bridgehead atoms. The van der Waals surface area contributed by atoms with Crippen LogP contribution in [0.1, 0.15) is 12.5 Å². The molecule has 80 valence electrons. The molecule has 2 rings (SSSR count). The van der Waals surface area contributed by atoms with Gasteiger partial charge in [-0.05, 0) is 30.7 Å². The number of hydrogen-bond donors (Lipinski definition) is 1. The van der Waals surface area contributed by atoms with Gasteiger partial charge in [0.05, 0.1) is 11.8 Å². The third kappa shape index (κ3) is 1.89. The van der Waals surface area contributed by atoms with Crippen LogP contribution in [0.4, 0.5) is 5.69 Å². The van der Waals surface area contributed by atoms with Crippen molar-refractivity contribution in [2.24, 2.45) is 0 Å². The van der Waals surface area contributed by atoms with Gasteiger partial charge in [-0.15, -0.1) is 0 Å². The molecule has 16 heavy (non-hydrogen) atoms. The second kappa shape index (κ2) is 4.07. The molecule has 1 aromatic rings. The van der Waals surface area contributed by atoms with Crippen LogP contribution in [0, 0.1) is 11.3 Å². The maximum Gasteiger partial charge on any atom is 0.265 e. The zero-order valence-electron chi connectivity index (χ0n) is 8.73. The third-order valence-electron chi connectivity index (χ3n) is 2.28. The van der Waals surface area contributed by atoms with Crippen molar-refractivity contribution in [1.82, 2.24) is 0 Å². The summed E-state index contributed by atoms with van der Waals surface area (Å²) in [5.74, 6) is 0.495. The van der Waals surface area contributed by atoms with Crippen molar-refractivity contribution in [3.63, 3.8) is 0 Å². The number of rotatable bonds is 1. The maximum atomic E-state index is 11.4. The van der Waals surface area contributed by atoms with Gasteiger partial charge in [-0.2, -0.15) is 5.26 Å². The molecule has 0 aliphatic carbocycles. The molecular weight excluding hydrogens is 204 g/mol. The number of hydrogen-bond acceptors (Lipinski definition) is 3. The van der Waals surface area contributed by atoms with E-state index in [1.807, 2.05) is 12.1 Å². The molecule has 0 saturated heterocycles. The van der Waals surface area contributed by atoms with Gasteiger partial charge in [0.15, 0.2) is 6.10 Å². The van der Waals surface area contributed by atoms with Crippen molar-refractivity contribution >= 4 is 17.7 Å². The number of nitrogens with zero attached hydrogens (tertiary/aromatic N) is 1. The number of carbonyl (C=O) groups excluding carboxylic acids is 1. The molecular formula is C12H10N2O2. The molecule has 1 aromatic carbocycles. The number of anilines is 1. The number of benzene rings is 1. The minimum Gasteiger partial charge on any atom is -0.479 e. The van der Waals surface area contributed by atoms with Gasteiger partial charge >= 0.3 is 0 Å². The number of ether oxygens (including phenoxy) is 1. The standard InChI is InChI=1S/C12H10N2O2/c1-8-12(15)14-10-7-9(3-2-6-13)4-5-11(10)16-8/h2-5,7-8H,1H3,(H,14,15)/b3-2+. The number of nitriles is 1. The molecule has 0 aromatic heterocycles. The topological polar surface area (TPSA) is 62.1 Å². The van der Waals surface area contributed by atoms with Crippen LogP contribution in [0.2, 0.25) is 0 Å². The molecule has 0 spiro atoms. The summed E-state index contributed by atoms with van der Waals surface area (Å²) in [6.45, 7) is 1.70. The van der Waals surface area contributed by atoms with Gasteiger partial charge in [0.1, 0.15) is 5.75 Å². The Labute approximate surface area is 93.1 Å². The van der Waals surface area contributed by atoms with E-state index in [2.05, 4.69) is 5.32 Å². The van der Waals surface area contributed by atoms with Crippen molar-refractivity contribution in [1.29, 1.82) is 5.26 Å². The molecule has 1 N–H and O–H groups in total. The number of carbonyl (C=O) groups is 1. The summed E-state index contributed by atoms with van der Waals surface area (Å²) in [5.41, 5.74) is 1.49. The fourth-order valence-electron chi connectivity index (χ4n) is 1.46. The molecule has 1 atom stereocenters. The first kappa shape index (κ1) is 10.2. The average molecular weight is 214 g/mol. The molecule has 4 nitrogen and oxygen atoms in total. The number of amides is 1. The molecule has 0 saturated carbocycles. The quantitative estimate of drug-likeness (QED) is 0.726. The zero-order valence-corrected chi connectivity index (χ0v) is 8.73. The summed E-state index contributed by atoms with van der Waals surface area (Å²) in [7, 11) is 0.